The molecule has 0 unspecified atom stereocenters. The van der Waals surface area contributed by atoms with Gasteiger partial charge in [-0.2, -0.15) is 11.8 Å². The third kappa shape index (κ3) is 5.68. The number of thioether (sulfide) groups is 1. The zero-order chi connectivity index (χ0) is 22.3. The molecule has 0 heterocycles. The highest BCUT2D eigenvalue weighted by Gasteiger charge is 2.24. The van der Waals surface area contributed by atoms with Crippen LogP contribution in [0.15, 0.2) is 83.8 Å². The van der Waals surface area contributed by atoms with Gasteiger partial charge in [0.25, 0.3) is 15.9 Å². The summed E-state index contributed by atoms with van der Waals surface area (Å²) < 4.78 is 27.1. The van der Waals surface area contributed by atoms with Crippen LogP contribution in [0.5, 0.6) is 0 Å². The normalized spacial score (nSPS) is 11.2. The van der Waals surface area contributed by atoms with Crippen molar-refractivity contribution >= 4 is 33.4 Å². The molecule has 31 heavy (non-hydrogen) atoms. The first-order valence-corrected chi connectivity index (χ1v) is 12.5. The lowest BCUT2D eigenvalue weighted by molar-refractivity contribution is 0.0957. The number of aryl methyl sites for hydroxylation is 1. The maximum atomic E-state index is 13.0. The number of carbonyl (C=O) groups is 1. The number of hydrogen-bond donors (Lipinski definition) is 1. The zero-order valence-corrected chi connectivity index (χ0v) is 19.2. The first kappa shape index (κ1) is 22.9. The summed E-state index contributed by atoms with van der Waals surface area (Å²) in [6.45, 7) is 2.59. The summed E-state index contributed by atoms with van der Waals surface area (Å²) in [7, 11) is -2.30. The smallest absolute Gasteiger partial charge is 0.264 e. The number of rotatable bonds is 9. The molecular weight excluding hydrogens is 428 g/mol. The van der Waals surface area contributed by atoms with Crippen LogP contribution in [0.25, 0.3) is 0 Å². The van der Waals surface area contributed by atoms with E-state index < -0.39 is 10.0 Å². The average molecular weight is 455 g/mol. The number of amides is 1. The molecule has 0 saturated heterocycles. The predicted molar refractivity (Wildman–Crippen MR) is 128 cm³/mol. The number of sulfonamides is 1. The van der Waals surface area contributed by atoms with Crippen LogP contribution in [0.2, 0.25) is 0 Å². The van der Waals surface area contributed by atoms with Crippen molar-refractivity contribution in [3.8, 4) is 0 Å². The topological polar surface area (TPSA) is 66.5 Å². The van der Waals surface area contributed by atoms with Crippen molar-refractivity contribution in [1.82, 2.24) is 5.32 Å². The number of anilines is 1. The van der Waals surface area contributed by atoms with E-state index in [2.05, 4.69) is 24.4 Å². The molecule has 0 bridgehead atoms. The van der Waals surface area contributed by atoms with Crippen molar-refractivity contribution in [3.63, 3.8) is 0 Å². The number of nitrogens with one attached hydrogen (secondary N) is 1. The molecule has 0 aromatic heterocycles. The second-order valence-electron chi connectivity index (χ2n) is 7.04. The Balaban J connectivity index is 1.63. The highest BCUT2D eigenvalue weighted by atomic mass is 32.2. The van der Waals surface area contributed by atoms with E-state index >= 15 is 0 Å². The fourth-order valence-electron chi connectivity index (χ4n) is 3.11. The number of benzene rings is 3. The Morgan fingerprint density at radius 3 is 2.32 bits per heavy atom. The molecular formula is C24H26N2O3S2. The molecule has 5 nitrogen and oxygen atoms in total. The molecule has 1 N–H and O–H groups in total. The fraction of sp³-hybridized carbons (Fsp3) is 0.208. The minimum Gasteiger partial charge on any atom is -0.351 e. The monoisotopic (exact) mass is 454 g/mol. The highest BCUT2D eigenvalue weighted by Crippen LogP contribution is 2.25. The maximum Gasteiger partial charge on any atom is 0.264 e. The van der Waals surface area contributed by atoms with E-state index in [0.29, 0.717) is 17.8 Å². The molecule has 0 aliphatic rings. The molecule has 1 amide bonds. The van der Waals surface area contributed by atoms with Gasteiger partial charge in [0, 0.05) is 25.1 Å². The van der Waals surface area contributed by atoms with Crippen molar-refractivity contribution < 1.29 is 13.2 Å². The maximum absolute atomic E-state index is 13.0. The summed E-state index contributed by atoms with van der Waals surface area (Å²) in [4.78, 5) is 13.0. The molecule has 162 valence electrons. The van der Waals surface area contributed by atoms with Crippen molar-refractivity contribution in [2.45, 2.75) is 17.6 Å². The molecule has 0 fully saturated rings. The van der Waals surface area contributed by atoms with Gasteiger partial charge in [-0.15, -0.1) is 0 Å². The molecule has 0 aliphatic carbocycles. The minimum absolute atomic E-state index is 0.181. The molecule has 3 rings (SSSR count). The number of para-hydroxylation sites is 1. The lowest BCUT2D eigenvalue weighted by Crippen LogP contribution is -2.31. The SMILES string of the molecule is Cc1ccccc1CSCCNC(=O)c1ccccc1N(C)S(=O)(=O)c1ccccc1. The second kappa shape index (κ2) is 10.5. The van der Waals surface area contributed by atoms with Gasteiger partial charge in [-0.3, -0.25) is 9.10 Å². The van der Waals surface area contributed by atoms with Crippen LogP contribution in [0.1, 0.15) is 21.5 Å². The molecule has 0 spiro atoms. The van der Waals surface area contributed by atoms with Gasteiger partial charge in [0.2, 0.25) is 0 Å². The molecule has 0 radical (unpaired) electrons. The first-order chi connectivity index (χ1) is 14.9. The number of nitrogens with zero attached hydrogens (tertiary/aromatic N) is 1. The van der Waals surface area contributed by atoms with E-state index in [-0.39, 0.29) is 10.8 Å². The van der Waals surface area contributed by atoms with E-state index in [9.17, 15) is 13.2 Å². The average Bonchev–Trinajstić information content (AvgIpc) is 2.80. The molecule has 0 atom stereocenters. The lowest BCUT2D eigenvalue weighted by atomic mass is 10.1. The van der Waals surface area contributed by atoms with Gasteiger partial charge < -0.3 is 5.32 Å². The Labute approximate surface area is 188 Å². The van der Waals surface area contributed by atoms with Gasteiger partial charge in [0.15, 0.2) is 0 Å². The lowest BCUT2D eigenvalue weighted by Gasteiger charge is -2.22. The van der Waals surface area contributed by atoms with Crippen LogP contribution < -0.4 is 9.62 Å². The van der Waals surface area contributed by atoms with Crippen LogP contribution in [-0.4, -0.2) is 33.7 Å². The van der Waals surface area contributed by atoms with Crippen molar-refractivity contribution in [2.75, 3.05) is 23.7 Å². The summed E-state index contributed by atoms with van der Waals surface area (Å²) in [5, 5.41) is 2.91. The Kier molecular flexibility index (Phi) is 7.76. The summed E-state index contributed by atoms with van der Waals surface area (Å²) >= 11 is 1.75. The molecule has 0 aliphatic heterocycles. The van der Waals surface area contributed by atoms with E-state index in [0.717, 1.165) is 15.8 Å². The quantitative estimate of drug-likeness (QED) is 0.484. The van der Waals surface area contributed by atoms with Gasteiger partial charge in [-0.25, -0.2) is 8.42 Å². The molecule has 3 aromatic carbocycles. The molecule has 7 heteroatoms. The fourth-order valence-corrected chi connectivity index (χ4v) is 5.28. The van der Waals surface area contributed by atoms with Gasteiger partial charge in [-0.1, -0.05) is 54.6 Å². The van der Waals surface area contributed by atoms with Crippen molar-refractivity contribution in [1.29, 1.82) is 0 Å². The van der Waals surface area contributed by atoms with Crippen molar-refractivity contribution in [2.24, 2.45) is 0 Å². The largest absolute Gasteiger partial charge is 0.351 e. The Bertz CT molecular complexity index is 1130. The summed E-state index contributed by atoms with van der Waals surface area (Å²) in [5.74, 6) is 1.36. The van der Waals surface area contributed by atoms with Crippen LogP contribution >= 0.6 is 11.8 Å². The van der Waals surface area contributed by atoms with Crippen molar-refractivity contribution in [3.05, 3.63) is 95.6 Å². The van der Waals surface area contributed by atoms with Crippen LogP contribution in [0.4, 0.5) is 5.69 Å². The highest BCUT2D eigenvalue weighted by molar-refractivity contribution is 7.98. The third-order valence-corrected chi connectivity index (χ3v) is 7.73. The first-order valence-electron chi connectivity index (χ1n) is 9.94. The van der Waals surface area contributed by atoms with Crippen LogP contribution in [0.3, 0.4) is 0 Å². The van der Waals surface area contributed by atoms with E-state index in [1.54, 1.807) is 66.4 Å². The third-order valence-electron chi connectivity index (χ3n) is 4.94. The zero-order valence-electron chi connectivity index (χ0n) is 17.6. The molecule has 3 aromatic rings. The van der Waals surface area contributed by atoms with E-state index in [1.807, 2.05) is 12.1 Å². The van der Waals surface area contributed by atoms with Crippen LogP contribution in [-0.2, 0) is 15.8 Å². The number of carbonyl (C=O) groups excluding carboxylic acids is 1. The van der Waals surface area contributed by atoms with E-state index in [1.165, 1.54) is 18.2 Å². The van der Waals surface area contributed by atoms with Gasteiger partial charge in [0.05, 0.1) is 16.1 Å². The van der Waals surface area contributed by atoms with Gasteiger partial charge >= 0.3 is 0 Å². The Hall–Kier alpha value is -2.77. The second-order valence-corrected chi connectivity index (χ2v) is 10.1. The number of hydrogen-bond acceptors (Lipinski definition) is 4. The summed E-state index contributed by atoms with van der Waals surface area (Å²) in [6, 6.07) is 23.2. The standard InChI is InChI=1S/C24H26N2O3S2/c1-19-10-6-7-11-20(19)18-30-17-16-25-24(27)22-14-8-9-15-23(22)26(2)31(28,29)21-12-4-3-5-13-21/h3-15H,16-18H2,1-2H3,(H,25,27). The Morgan fingerprint density at radius 1 is 0.935 bits per heavy atom. The van der Waals surface area contributed by atoms with Gasteiger partial charge in [0.1, 0.15) is 0 Å². The van der Waals surface area contributed by atoms with Crippen LogP contribution in [0, 0.1) is 6.92 Å². The Morgan fingerprint density at radius 2 is 1.58 bits per heavy atom. The predicted octanol–water partition coefficient (Wildman–Crippen LogP) is 4.48. The molecule has 0 saturated carbocycles. The summed E-state index contributed by atoms with van der Waals surface area (Å²) in [5.41, 5.74) is 3.22. The van der Waals surface area contributed by atoms with E-state index in [4.69, 9.17) is 0 Å². The van der Waals surface area contributed by atoms with Gasteiger partial charge in [-0.05, 0) is 42.3 Å². The summed E-state index contributed by atoms with van der Waals surface area (Å²) in [6.07, 6.45) is 0. The minimum atomic E-state index is -3.76.